The van der Waals surface area contributed by atoms with Crippen molar-refractivity contribution in [2.45, 2.75) is 6.42 Å². The molecule has 0 atom stereocenters. The largest absolute Gasteiger partial charge is 0.493 e. The molecule has 0 spiro atoms. The first-order valence-corrected chi connectivity index (χ1v) is 5.85. The number of ether oxygens (including phenoxy) is 3. The highest BCUT2D eigenvalue weighted by Gasteiger charge is 2.14. The van der Waals surface area contributed by atoms with E-state index in [0.717, 1.165) is 11.3 Å². The lowest BCUT2D eigenvalue weighted by Gasteiger charge is -2.16. The van der Waals surface area contributed by atoms with Crippen molar-refractivity contribution in [3.8, 4) is 17.2 Å². The number of alkyl halides is 1. The zero-order chi connectivity index (χ0) is 12.7. The van der Waals surface area contributed by atoms with E-state index in [4.69, 9.17) is 25.8 Å². The third-order valence-electron chi connectivity index (χ3n) is 2.29. The Morgan fingerprint density at radius 3 is 2.47 bits per heavy atom. The van der Waals surface area contributed by atoms with Crippen LogP contribution in [0.1, 0.15) is 5.56 Å². The van der Waals surface area contributed by atoms with Crippen molar-refractivity contribution < 1.29 is 14.2 Å². The molecule has 1 aromatic carbocycles. The number of rotatable bonds is 7. The van der Waals surface area contributed by atoms with Gasteiger partial charge in [-0.15, -0.1) is 18.2 Å². The Kier molecular flexibility index (Phi) is 5.70. The fraction of sp³-hybridized carbons (Fsp3) is 0.385. The molecular weight excluding hydrogens is 240 g/mol. The van der Waals surface area contributed by atoms with Gasteiger partial charge in [0.05, 0.1) is 20.1 Å². The van der Waals surface area contributed by atoms with Crippen molar-refractivity contribution in [1.82, 2.24) is 0 Å². The zero-order valence-electron chi connectivity index (χ0n) is 10.2. The van der Waals surface area contributed by atoms with E-state index in [1.165, 1.54) is 0 Å². The van der Waals surface area contributed by atoms with Crippen LogP contribution >= 0.6 is 11.6 Å². The van der Waals surface area contributed by atoms with Gasteiger partial charge < -0.3 is 14.2 Å². The zero-order valence-corrected chi connectivity index (χ0v) is 10.9. The molecule has 0 aromatic heterocycles. The van der Waals surface area contributed by atoms with Gasteiger partial charge in [0.1, 0.15) is 12.4 Å². The van der Waals surface area contributed by atoms with E-state index in [1.807, 2.05) is 12.1 Å². The highest BCUT2D eigenvalue weighted by molar-refractivity contribution is 6.18. The molecule has 0 aliphatic carbocycles. The van der Waals surface area contributed by atoms with Gasteiger partial charge >= 0.3 is 0 Å². The third-order valence-corrected chi connectivity index (χ3v) is 2.44. The van der Waals surface area contributed by atoms with E-state index in [2.05, 4.69) is 6.58 Å². The second-order valence-corrected chi connectivity index (χ2v) is 3.69. The summed E-state index contributed by atoms with van der Waals surface area (Å²) < 4.78 is 16.2. The molecule has 0 bridgehead atoms. The van der Waals surface area contributed by atoms with E-state index >= 15 is 0 Å². The number of benzene rings is 1. The van der Waals surface area contributed by atoms with Crippen LogP contribution in [0.15, 0.2) is 24.8 Å². The molecular formula is C13H17ClO3. The average Bonchev–Trinajstić information content (AvgIpc) is 2.37. The topological polar surface area (TPSA) is 27.7 Å². The van der Waals surface area contributed by atoms with Gasteiger partial charge in [0, 0.05) is 5.56 Å². The van der Waals surface area contributed by atoms with Crippen LogP contribution in [0.2, 0.25) is 0 Å². The summed E-state index contributed by atoms with van der Waals surface area (Å²) in [5.74, 6) is 2.56. The van der Waals surface area contributed by atoms with E-state index in [9.17, 15) is 0 Å². The second-order valence-electron chi connectivity index (χ2n) is 3.31. The van der Waals surface area contributed by atoms with Crippen LogP contribution in [0, 0.1) is 0 Å². The van der Waals surface area contributed by atoms with Gasteiger partial charge in [-0.05, 0) is 18.6 Å². The number of hydrogen-bond donors (Lipinski definition) is 0. The van der Waals surface area contributed by atoms with Crippen LogP contribution in [-0.4, -0.2) is 26.7 Å². The number of halogens is 1. The SMILES string of the molecule is C=CCc1c(OCCCl)ccc(OC)c1OC. The van der Waals surface area contributed by atoms with Crippen LogP contribution in [0.3, 0.4) is 0 Å². The van der Waals surface area contributed by atoms with Crippen LogP contribution in [-0.2, 0) is 6.42 Å². The Morgan fingerprint density at radius 1 is 1.24 bits per heavy atom. The molecule has 0 aliphatic rings. The Balaban J connectivity index is 3.15. The average molecular weight is 257 g/mol. The summed E-state index contributed by atoms with van der Waals surface area (Å²) in [6.07, 6.45) is 2.45. The van der Waals surface area contributed by atoms with Crippen molar-refractivity contribution in [2.24, 2.45) is 0 Å². The summed E-state index contributed by atoms with van der Waals surface area (Å²) in [5.41, 5.74) is 0.923. The summed E-state index contributed by atoms with van der Waals surface area (Å²) in [7, 11) is 3.21. The molecule has 0 heterocycles. The number of methoxy groups -OCH3 is 2. The predicted molar refractivity (Wildman–Crippen MR) is 69.7 cm³/mol. The number of hydrogen-bond acceptors (Lipinski definition) is 3. The summed E-state index contributed by atoms with van der Waals surface area (Å²) >= 11 is 5.61. The predicted octanol–water partition coefficient (Wildman–Crippen LogP) is 3.05. The first-order chi connectivity index (χ1) is 8.28. The van der Waals surface area contributed by atoms with Crippen LogP contribution in [0.4, 0.5) is 0 Å². The Morgan fingerprint density at radius 2 is 1.94 bits per heavy atom. The molecule has 0 radical (unpaired) electrons. The quantitative estimate of drug-likeness (QED) is 0.554. The Labute approximate surface area is 107 Å². The van der Waals surface area contributed by atoms with Gasteiger partial charge in [-0.1, -0.05) is 6.08 Å². The Hall–Kier alpha value is -1.35. The molecule has 3 nitrogen and oxygen atoms in total. The molecule has 0 aliphatic heterocycles. The summed E-state index contributed by atoms with van der Waals surface area (Å²) in [5, 5.41) is 0. The minimum Gasteiger partial charge on any atom is -0.493 e. The first-order valence-electron chi connectivity index (χ1n) is 5.32. The highest BCUT2D eigenvalue weighted by Crippen LogP contribution is 2.37. The summed E-state index contributed by atoms with van der Waals surface area (Å²) in [4.78, 5) is 0. The van der Waals surface area contributed by atoms with Crippen molar-refractivity contribution in [2.75, 3.05) is 26.7 Å². The molecule has 0 fully saturated rings. The molecule has 0 unspecified atom stereocenters. The lowest BCUT2D eigenvalue weighted by molar-refractivity contribution is 0.324. The van der Waals surface area contributed by atoms with Gasteiger partial charge in [-0.2, -0.15) is 0 Å². The second kappa shape index (κ2) is 7.07. The van der Waals surface area contributed by atoms with Gasteiger partial charge in [0.25, 0.3) is 0 Å². The number of allylic oxidation sites excluding steroid dienone is 1. The fourth-order valence-electron chi connectivity index (χ4n) is 1.59. The monoisotopic (exact) mass is 256 g/mol. The van der Waals surface area contributed by atoms with Crippen LogP contribution in [0.5, 0.6) is 17.2 Å². The van der Waals surface area contributed by atoms with E-state index in [0.29, 0.717) is 30.4 Å². The maximum absolute atomic E-state index is 5.61. The minimum absolute atomic E-state index is 0.446. The van der Waals surface area contributed by atoms with E-state index in [1.54, 1.807) is 20.3 Å². The van der Waals surface area contributed by atoms with E-state index in [-0.39, 0.29) is 0 Å². The smallest absolute Gasteiger partial charge is 0.167 e. The molecule has 0 saturated carbocycles. The maximum atomic E-state index is 5.61. The molecule has 1 rings (SSSR count). The normalized spacial score (nSPS) is 9.82. The molecule has 0 N–H and O–H groups in total. The molecule has 17 heavy (non-hydrogen) atoms. The van der Waals surface area contributed by atoms with Crippen molar-refractivity contribution in [3.63, 3.8) is 0 Å². The van der Waals surface area contributed by atoms with Crippen LogP contribution in [0.25, 0.3) is 0 Å². The lowest BCUT2D eigenvalue weighted by Crippen LogP contribution is -2.03. The summed E-state index contributed by atoms with van der Waals surface area (Å²) in [6, 6.07) is 3.67. The van der Waals surface area contributed by atoms with Crippen molar-refractivity contribution in [3.05, 3.63) is 30.4 Å². The lowest BCUT2D eigenvalue weighted by atomic mass is 10.1. The fourth-order valence-corrected chi connectivity index (χ4v) is 1.67. The molecule has 94 valence electrons. The van der Waals surface area contributed by atoms with E-state index < -0.39 is 0 Å². The molecule has 0 amide bonds. The van der Waals surface area contributed by atoms with Gasteiger partial charge in [0.15, 0.2) is 11.5 Å². The van der Waals surface area contributed by atoms with Crippen molar-refractivity contribution in [1.29, 1.82) is 0 Å². The molecule has 4 heteroatoms. The van der Waals surface area contributed by atoms with Crippen molar-refractivity contribution >= 4 is 11.6 Å². The Bertz CT molecular complexity index is 377. The standard InChI is InChI=1S/C13H17ClO3/c1-4-5-10-11(17-9-8-14)6-7-12(15-2)13(10)16-3/h4,6-7H,1,5,8-9H2,2-3H3. The van der Waals surface area contributed by atoms with Gasteiger partial charge in [-0.25, -0.2) is 0 Å². The first kappa shape index (κ1) is 13.7. The van der Waals surface area contributed by atoms with Gasteiger partial charge in [0.2, 0.25) is 0 Å². The third kappa shape index (κ3) is 3.30. The molecule has 0 saturated heterocycles. The summed E-state index contributed by atoms with van der Waals surface area (Å²) in [6.45, 7) is 4.19. The highest BCUT2D eigenvalue weighted by atomic mass is 35.5. The van der Waals surface area contributed by atoms with Gasteiger partial charge in [-0.3, -0.25) is 0 Å². The maximum Gasteiger partial charge on any atom is 0.167 e. The molecule has 1 aromatic rings. The minimum atomic E-state index is 0.446. The van der Waals surface area contributed by atoms with Crippen LogP contribution < -0.4 is 14.2 Å².